The Morgan fingerprint density at radius 2 is 1.75 bits per heavy atom. The number of nitrogens with zero attached hydrogens (tertiary/aromatic N) is 2. The Labute approximate surface area is 186 Å². The summed E-state index contributed by atoms with van der Waals surface area (Å²) >= 11 is 0. The predicted molar refractivity (Wildman–Crippen MR) is 124 cm³/mol. The number of rotatable bonds is 8. The van der Waals surface area contributed by atoms with Gasteiger partial charge in [0, 0.05) is 17.8 Å². The number of fused-ring (bicyclic) bond motifs is 1. The second-order valence-corrected chi connectivity index (χ2v) is 7.19. The van der Waals surface area contributed by atoms with Gasteiger partial charge in [-0.1, -0.05) is 36.4 Å². The van der Waals surface area contributed by atoms with Crippen LogP contribution >= 0.6 is 0 Å². The van der Waals surface area contributed by atoms with Gasteiger partial charge in [0.2, 0.25) is 5.91 Å². The van der Waals surface area contributed by atoms with Gasteiger partial charge in [0.25, 0.3) is 5.91 Å². The Morgan fingerprint density at radius 3 is 2.56 bits per heavy atom. The molecule has 2 N–H and O–H groups in total. The van der Waals surface area contributed by atoms with Crippen molar-refractivity contribution >= 4 is 28.5 Å². The van der Waals surface area contributed by atoms with Gasteiger partial charge in [0.15, 0.2) is 0 Å². The van der Waals surface area contributed by atoms with Gasteiger partial charge in [-0.3, -0.25) is 9.59 Å². The van der Waals surface area contributed by atoms with Crippen LogP contribution in [0.1, 0.15) is 23.1 Å². The molecular weight excluding hydrogens is 404 g/mol. The van der Waals surface area contributed by atoms with E-state index < -0.39 is 0 Å². The van der Waals surface area contributed by atoms with Crippen LogP contribution in [0.5, 0.6) is 5.75 Å². The zero-order valence-corrected chi connectivity index (χ0v) is 17.7. The number of para-hydroxylation sites is 3. The topological polar surface area (TPSA) is 85.2 Å². The Kier molecular flexibility index (Phi) is 6.46. The minimum atomic E-state index is -0.220. The first-order chi connectivity index (χ1) is 15.6. The van der Waals surface area contributed by atoms with Crippen LogP contribution in [0.4, 0.5) is 5.69 Å². The first kappa shape index (κ1) is 21.1. The van der Waals surface area contributed by atoms with Crippen molar-refractivity contribution in [3.63, 3.8) is 0 Å². The average molecular weight is 428 g/mol. The number of benzene rings is 3. The normalized spacial score (nSPS) is 10.7. The van der Waals surface area contributed by atoms with Gasteiger partial charge in [0.1, 0.15) is 24.7 Å². The quantitative estimate of drug-likeness (QED) is 0.444. The van der Waals surface area contributed by atoms with Crippen LogP contribution in [0.15, 0.2) is 78.9 Å². The van der Waals surface area contributed by atoms with E-state index in [4.69, 9.17) is 4.74 Å². The molecule has 0 saturated carbocycles. The fourth-order valence-corrected chi connectivity index (χ4v) is 3.42. The van der Waals surface area contributed by atoms with Gasteiger partial charge in [-0.25, -0.2) is 4.98 Å². The molecule has 0 radical (unpaired) electrons. The molecule has 4 aromatic rings. The maximum Gasteiger partial charge on any atom is 0.251 e. The molecule has 0 spiro atoms. The van der Waals surface area contributed by atoms with Gasteiger partial charge >= 0.3 is 0 Å². The van der Waals surface area contributed by atoms with Crippen molar-refractivity contribution in [2.24, 2.45) is 0 Å². The third-order valence-electron chi connectivity index (χ3n) is 4.89. The number of imidazole rings is 1. The van der Waals surface area contributed by atoms with E-state index in [2.05, 4.69) is 15.6 Å². The molecule has 0 aliphatic carbocycles. The van der Waals surface area contributed by atoms with E-state index in [1.807, 2.05) is 66.1 Å². The number of aromatic nitrogens is 2. The highest BCUT2D eigenvalue weighted by Crippen LogP contribution is 2.19. The van der Waals surface area contributed by atoms with Crippen molar-refractivity contribution in [2.75, 3.05) is 11.9 Å². The van der Waals surface area contributed by atoms with Crippen molar-refractivity contribution in [3.8, 4) is 5.75 Å². The second-order valence-electron chi connectivity index (χ2n) is 7.19. The molecule has 7 nitrogen and oxygen atoms in total. The van der Waals surface area contributed by atoms with Crippen LogP contribution in [0.3, 0.4) is 0 Å². The van der Waals surface area contributed by atoms with Crippen LogP contribution < -0.4 is 15.4 Å². The van der Waals surface area contributed by atoms with E-state index in [0.29, 0.717) is 23.6 Å². The number of anilines is 1. The first-order valence-electron chi connectivity index (χ1n) is 10.4. The average Bonchev–Trinajstić information content (AvgIpc) is 3.16. The largest absolute Gasteiger partial charge is 0.486 e. The summed E-state index contributed by atoms with van der Waals surface area (Å²) in [7, 11) is 0. The number of hydrogen-bond donors (Lipinski definition) is 2. The smallest absolute Gasteiger partial charge is 0.251 e. The lowest BCUT2D eigenvalue weighted by molar-refractivity contribution is -0.116. The molecular formula is C25H24N4O3. The van der Waals surface area contributed by atoms with Gasteiger partial charge in [-0.15, -0.1) is 0 Å². The van der Waals surface area contributed by atoms with Crippen molar-refractivity contribution in [2.45, 2.75) is 20.1 Å². The summed E-state index contributed by atoms with van der Waals surface area (Å²) in [5.74, 6) is 0.991. The van der Waals surface area contributed by atoms with E-state index in [1.54, 1.807) is 24.3 Å². The Hall–Kier alpha value is -4.13. The molecule has 0 atom stereocenters. The highest BCUT2D eigenvalue weighted by atomic mass is 16.5. The Morgan fingerprint density at radius 1 is 0.969 bits per heavy atom. The monoisotopic (exact) mass is 428 g/mol. The van der Waals surface area contributed by atoms with Crippen LogP contribution in [0.2, 0.25) is 0 Å². The Bertz CT molecular complexity index is 1230. The summed E-state index contributed by atoms with van der Waals surface area (Å²) in [6, 6.07) is 24.0. The lowest BCUT2D eigenvalue weighted by Gasteiger charge is -2.12. The fraction of sp³-hybridized carbons (Fsp3) is 0.160. The van der Waals surface area contributed by atoms with Crippen LogP contribution in [-0.2, 0) is 17.9 Å². The predicted octanol–water partition coefficient (Wildman–Crippen LogP) is 4.00. The lowest BCUT2D eigenvalue weighted by atomic mass is 10.2. The van der Waals surface area contributed by atoms with E-state index in [9.17, 15) is 9.59 Å². The van der Waals surface area contributed by atoms with E-state index in [0.717, 1.165) is 16.8 Å². The summed E-state index contributed by atoms with van der Waals surface area (Å²) in [6.07, 6.45) is 0. The first-order valence-corrected chi connectivity index (χ1v) is 10.4. The number of ether oxygens (including phenoxy) is 1. The highest BCUT2D eigenvalue weighted by molar-refractivity contribution is 5.97. The number of amides is 2. The maximum atomic E-state index is 12.9. The number of nitrogens with one attached hydrogen (secondary N) is 2. The molecule has 32 heavy (non-hydrogen) atoms. The molecule has 0 bridgehead atoms. The zero-order chi connectivity index (χ0) is 22.3. The molecule has 0 aliphatic rings. The zero-order valence-electron chi connectivity index (χ0n) is 17.7. The molecule has 3 aromatic carbocycles. The van der Waals surface area contributed by atoms with Gasteiger partial charge in [-0.2, -0.15) is 0 Å². The van der Waals surface area contributed by atoms with Crippen LogP contribution in [0.25, 0.3) is 11.0 Å². The number of carbonyl (C=O) groups is 2. The molecule has 7 heteroatoms. The third kappa shape index (κ3) is 4.95. The van der Waals surface area contributed by atoms with Crippen molar-refractivity contribution in [1.82, 2.24) is 14.9 Å². The van der Waals surface area contributed by atoms with Crippen LogP contribution in [0, 0.1) is 0 Å². The van der Waals surface area contributed by atoms with Gasteiger partial charge in [-0.05, 0) is 49.4 Å². The minimum Gasteiger partial charge on any atom is -0.486 e. The SMILES string of the molecule is CCNC(=O)c1cccc(NC(=O)Cn2c(COc3ccccc3)nc3ccccc32)c1. The van der Waals surface area contributed by atoms with E-state index in [-0.39, 0.29) is 25.0 Å². The standard InChI is InChI=1S/C25H24N4O3/c1-2-26-25(31)18-9-8-10-19(15-18)27-24(30)16-29-22-14-7-6-13-21(22)28-23(29)17-32-20-11-4-3-5-12-20/h3-15H,2,16-17H2,1H3,(H,26,31)(H,27,30). The summed E-state index contributed by atoms with van der Waals surface area (Å²) in [6.45, 7) is 2.70. The van der Waals surface area contributed by atoms with Crippen LogP contribution in [-0.4, -0.2) is 27.9 Å². The Balaban J connectivity index is 1.52. The molecule has 1 heterocycles. The van der Waals surface area contributed by atoms with E-state index in [1.165, 1.54) is 0 Å². The van der Waals surface area contributed by atoms with Gasteiger partial charge < -0.3 is 19.9 Å². The van der Waals surface area contributed by atoms with Gasteiger partial charge in [0.05, 0.1) is 11.0 Å². The number of carbonyl (C=O) groups excluding carboxylic acids is 2. The summed E-state index contributed by atoms with van der Waals surface area (Å²) in [5.41, 5.74) is 2.70. The summed E-state index contributed by atoms with van der Waals surface area (Å²) in [5, 5.41) is 5.63. The summed E-state index contributed by atoms with van der Waals surface area (Å²) < 4.78 is 7.72. The molecule has 1 aromatic heterocycles. The summed E-state index contributed by atoms with van der Waals surface area (Å²) in [4.78, 5) is 29.6. The fourth-order valence-electron chi connectivity index (χ4n) is 3.42. The van der Waals surface area contributed by atoms with Crippen molar-refractivity contribution < 1.29 is 14.3 Å². The van der Waals surface area contributed by atoms with E-state index >= 15 is 0 Å². The molecule has 2 amide bonds. The second kappa shape index (κ2) is 9.78. The minimum absolute atomic E-state index is 0.0688. The molecule has 162 valence electrons. The highest BCUT2D eigenvalue weighted by Gasteiger charge is 2.15. The third-order valence-corrected chi connectivity index (χ3v) is 4.89. The molecule has 0 saturated heterocycles. The van der Waals surface area contributed by atoms with Crippen molar-refractivity contribution in [3.05, 3.63) is 90.3 Å². The molecule has 0 unspecified atom stereocenters. The molecule has 4 rings (SSSR count). The molecule has 0 aliphatic heterocycles. The molecule has 0 fully saturated rings. The maximum absolute atomic E-state index is 12.9. The van der Waals surface area contributed by atoms with Crippen molar-refractivity contribution in [1.29, 1.82) is 0 Å². The number of hydrogen-bond acceptors (Lipinski definition) is 4. The lowest BCUT2D eigenvalue weighted by Crippen LogP contribution is -2.23.